The van der Waals surface area contributed by atoms with Crippen molar-refractivity contribution < 1.29 is 10.0 Å². The van der Waals surface area contributed by atoms with E-state index >= 15 is 0 Å². The standard InChI is InChI=1S/C18H20N6O3/c1-3-23(9-10-25)18-16(24(26)27)17(19-11-20-18)22-14-6-4-5-13-8-7-12(2)21-15(13)14/h4-8,11,25H,3,9-10H2,1-2H3,(H,19,20,22). The molecule has 0 fully saturated rings. The maximum absolute atomic E-state index is 11.8. The Labute approximate surface area is 155 Å². The number of hydrogen-bond donors (Lipinski definition) is 2. The second-order valence-corrected chi connectivity index (χ2v) is 5.91. The summed E-state index contributed by atoms with van der Waals surface area (Å²) in [5, 5.41) is 24.9. The molecule has 0 aliphatic heterocycles. The number of benzene rings is 1. The molecule has 1 aromatic carbocycles. The number of anilines is 3. The minimum absolute atomic E-state index is 0.0807. The molecule has 0 saturated carbocycles. The van der Waals surface area contributed by atoms with E-state index in [2.05, 4.69) is 20.3 Å². The first kappa shape index (κ1) is 18.5. The van der Waals surface area contributed by atoms with Crippen LogP contribution >= 0.6 is 0 Å². The number of rotatable bonds is 7. The van der Waals surface area contributed by atoms with Crippen molar-refractivity contribution in [3.63, 3.8) is 0 Å². The Hall–Kier alpha value is -3.33. The Kier molecular flexibility index (Phi) is 5.41. The van der Waals surface area contributed by atoms with Crippen LogP contribution in [-0.4, -0.2) is 44.7 Å². The molecule has 27 heavy (non-hydrogen) atoms. The normalized spacial score (nSPS) is 10.8. The van der Waals surface area contributed by atoms with Crippen molar-refractivity contribution in [3.8, 4) is 0 Å². The summed E-state index contributed by atoms with van der Waals surface area (Å²) in [6, 6.07) is 9.42. The predicted molar refractivity (Wildman–Crippen MR) is 103 cm³/mol. The fourth-order valence-corrected chi connectivity index (χ4v) is 2.87. The number of fused-ring (bicyclic) bond motifs is 1. The first-order valence-electron chi connectivity index (χ1n) is 8.53. The summed E-state index contributed by atoms with van der Waals surface area (Å²) in [7, 11) is 0. The summed E-state index contributed by atoms with van der Waals surface area (Å²) in [5.74, 6) is 0.246. The maximum Gasteiger partial charge on any atom is 0.353 e. The number of aliphatic hydroxyl groups excluding tert-OH is 1. The highest BCUT2D eigenvalue weighted by Gasteiger charge is 2.26. The van der Waals surface area contributed by atoms with Gasteiger partial charge >= 0.3 is 5.69 Å². The Balaban J connectivity index is 2.10. The van der Waals surface area contributed by atoms with Crippen LogP contribution in [0.4, 0.5) is 23.0 Å². The molecule has 140 valence electrons. The van der Waals surface area contributed by atoms with Crippen molar-refractivity contribution in [3.05, 3.63) is 52.5 Å². The molecular weight excluding hydrogens is 348 g/mol. The molecule has 0 atom stereocenters. The zero-order valence-electron chi connectivity index (χ0n) is 15.1. The number of nitrogens with one attached hydrogen (secondary N) is 1. The molecule has 0 unspecified atom stereocenters. The number of nitrogens with zero attached hydrogens (tertiary/aromatic N) is 5. The maximum atomic E-state index is 11.8. The molecule has 2 N–H and O–H groups in total. The SMILES string of the molecule is CCN(CCO)c1ncnc(Nc2cccc3ccc(C)nc23)c1[N+](=O)[O-]. The van der Waals surface area contributed by atoms with Crippen molar-refractivity contribution in [2.45, 2.75) is 13.8 Å². The van der Waals surface area contributed by atoms with E-state index < -0.39 is 4.92 Å². The third-order valence-corrected chi connectivity index (χ3v) is 4.15. The van der Waals surface area contributed by atoms with E-state index in [-0.39, 0.29) is 30.5 Å². The smallest absolute Gasteiger partial charge is 0.353 e. The highest BCUT2D eigenvalue weighted by Crippen LogP contribution is 2.34. The lowest BCUT2D eigenvalue weighted by Gasteiger charge is -2.21. The summed E-state index contributed by atoms with van der Waals surface area (Å²) in [6.45, 7) is 4.29. The van der Waals surface area contributed by atoms with Gasteiger partial charge in [0.25, 0.3) is 0 Å². The molecule has 0 saturated heterocycles. The van der Waals surface area contributed by atoms with Gasteiger partial charge < -0.3 is 15.3 Å². The van der Waals surface area contributed by atoms with E-state index in [9.17, 15) is 15.2 Å². The Morgan fingerprint density at radius 1 is 1.26 bits per heavy atom. The summed E-state index contributed by atoms with van der Waals surface area (Å²) < 4.78 is 0. The van der Waals surface area contributed by atoms with Crippen molar-refractivity contribution in [2.24, 2.45) is 0 Å². The van der Waals surface area contributed by atoms with Crippen molar-refractivity contribution >= 4 is 33.9 Å². The molecule has 0 radical (unpaired) electrons. The fraction of sp³-hybridized carbons (Fsp3) is 0.278. The monoisotopic (exact) mass is 368 g/mol. The molecule has 0 aliphatic rings. The molecule has 9 nitrogen and oxygen atoms in total. The van der Waals surface area contributed by atoms with Crippen molar-refractivity contribution in [1.82, 2.24) is 15.0 Å². The number of hydrogen-bond acceptors (Lipinski definition) is 8. The predicted octanol–water partition coefficient (Wildman–Crippen LogP) is 2.80. The van der Waals surface area contributed by atoms with Crippen molar-refractivity contribution in [1.29, 1.82) is 0 Å². The topological polar surface area (TPSA) is 117 Å². The molecule has 9 heteroatoms. The molecule has 0 amide bonds. The summed E-state index contributed by atoms with van der Waals surface area (Å²) in [5.41, 5.74) is 1.93. The van der Waals surface area contributed by atoms with Crippen molar-refractivity contribution in [2.75, 3.05) is 29.9 Å². The molecule has 3 rings (SSSR count). The number of aryl methyl sites for hydroxylation is 1. The number of aromatic nitrogens is 3. The Morgan fingerprint density at radius 3 is 2.78 bits per heavy atom. The summed E-state index contributed by atoms with van der Waals surface area (Å²) in [6.07, 6.45) is 1.27. The highest BCUT2D eigenvalue weighted by molar-refractivity contribution is 5.93. The Morgan fingerprint density at radius 2 is 2.07 bits per heavy atom. The molecule has 3 aromatic rings. The second-order valence-electron chi connectivity index (χ2n) is 5.91. The molecule has 2 aromatic heterocycles. The minimum Gasteiger partial charge on any atom is -0.395 e. The van der Waals surface area contributed by atoms with Crippen LogP contribution in [0.15, 0.2) is 36.7 Å². The van der Waals surface area contributed by atoms with Crippen LogP contribution in [0.25, 0.3) is 10.9 Å². The summed E-state index contributed by atoms with van der Waals surface area (Å²) in [4.78, 5) is 25.6. The minimum atomic E-state index is -0.512. The van der Waals surface area contributed by atoms with E-state index in [0.29, 0.717) is 17.7 Å². The third-order valence-electron chi connectivity index (χ3n) is 4.15. The van der Waals surface area contributed by atoms with Gasteiger partial charge in [-0.15, -0.1) is 0 Å². The van der Waals surface area contributed by atoms with Gasteiger partial charge in [0.05, 0.1) is 22.7 Å². The number of aliphatic hydroxyl groups is 1. The lowest BCUT2D eigenvalue weighted by atomic mass is 10.1. The van der Waals surface area contributed by atoms with Crippen LogP contribution in [0.2, 0.25) is 0 Å². The number of para-hydroxylation sites is 1. The van der Waals surface area contributed by atoms with Crippen LogP contribution < -0.4 is 10.2 Å². The van der Waals surface area contributed by atoms with Gasteiger partial charge in [-0.1, -0.05) is 18.2 Å². The van der Waals surface area contributed by atoms with Gasteiger partial charge in [-0.25, -0.2) is 9.97 Å². The fourth-order valence-electron chi connectivity index (χ4n) is 2.87. The van der Waals surface area contributed by atoms with E-state index in [1.54, 1.807) is 11.0 Å². The van der Waals surface area contributed by atoms with E-state index in [1.807, 2.05) is 38.1 Å². The van der Waals surface area contributed by atoms with Gasteiger partial charge in [-0.2, -0.15) is 0 Å². The molecule has 0 bridgehead atoms. The van der Waals surface area contributed by atoms with Crippen LogP contribution in [0.5, 0.6) is 0 Å². The van der Waals surface area contributed by atoms with Crippen LogP contribution in [0, 0.1) is 17.0 Å². The van der Waals surface area contributed by atoms with Gasteiger partial charge in [-0.3, -0.25) is 15.1 Å². The average Bonchev–Trinajstić information content (AvgIpc) is 2.66. The summed E-state index contributed by atoms with van der Waals surface area (Å²) >= 11 is 0. The van der Waals surface area contributed by atoms with Gasteiger partial charge in [0.1, 0.15) is 6.33 Å². The molecular formula is C18H20N6O3. The zero-order valence-corrected chi connectivity index (χ0v) is 15.1. The Bertz CT molecular complexity index is 978. The molecule has 0 spiro atoms. The molecule has 0 aliphatic carbocycles. The van der Waals surface area contributed by atoms with Crippen LogP contribution in [-0.2, 0) is 0 Å². The third kappa shape index (κ3) is 3.77. The first-order valence-corrected chi connectivity index (χ1v) is 8.53. The van der Waals surface area contributed by atoms with Crippen LogP contribution in [0.1, 0.15) is 12.6 Å². The lowest BCUT2D eigenvalue weighted by Crippen LogP contribution is -2.28. The number of likely N-dealkylation sites (N-methyl/N-ethyl adjacent to an activating group) is 1. The van der Waals surface area contributed by atoms with E-state index in [1.165, 1.54) is 6.33 Å². The van der Waals surface area contributed by atoms with E-state index in [0.717, 1.165) is 11.1 Å². The number of nitro groups is 1. The highest BCUT2D eigenvalue weighted by atomic mass is 16.6. The van der Waals surface area contributed by atoms with Gasteiger partial charge in [-0.05, 0) is 26.0 Å². The number of pyridine rings is 1. The van der Waals surface area contributed by atoms with Gasteiger partial charge in [0.15, 0.2) is 0 Å². The largest absolute Gasteiger partial charge is 0.395 e. The van der Waals surface area contributed by atoms with Crippen LogP contribution in [0.3, 0.4) is 0 Å². The van der Waals surface area contributed by atoms with Gasteiger partial charge in [0.2, 0.25) is 11.6 Å². The second kappa shape index (κ2) is 7.92. The lowest BCUT2D eigenvalue weighted by molar-refractivity contribution is -0.383. The quantitative estimate of drug-likeness (QED) is 0.483. The first-order chi connectivity index (χ1) is 13.0. The average molecular weight is 368 g/mol. The van der Waals surface area contributed by atoms with E-state index in [4.69, 9.17) is 0 Å². The zero-order chi connectivity index (χ0) is 19.4. The van der Waals surface area contributed by atoms with Gasteiger partial charge in [0, 0.05) is 24.2 Å². The molecule has 2 heterocycles.